The van der Waals surface area contributed by atoms with E-state index in [-0.39, 0.29) is 0 Å². The lowest BCUT2D eigenvalue weighted by atomic mass is 10.0. The van der Waals surface area contributed by atoms with E-state index in [1.807, 2.05) is 53.5 Å². The molecule has 3 heterocycles. The quantitative estimate of drug-likeness (QED) is 0.486. The minimum absolute atomic E-state index is 0.691. The molecule has 0 saturated carbocycles. The number of nitrogens with zero attached hydrogens (tertiary/aromatic N) is 5. The van der Waals surface area contributed by atoms with Gasteiger partial charge in [0.15, 0.2) is 0 Å². The van der Waals surface area contributed by atoms with Gasteiger partial charge in [-0.25, -0.2) is 4.68 Å². The highest BCUT2D eigenvalue weighted by atomic mass is 15.4. The Morgan fingerprint density at radius 3 is 2.55 bits per heavy atom. The highest BCUT2D eigenvalue weighted by Gasteiger charge is 2.14. The Morgan fingerprint density at radius 2 is 1.71 bits per heavy atom. The molecular weight excluding hydrogens is 384 g/mol. The molecular formula is C25H26N6. The van der Waals surface area contributed by atoms with Crippen LogP contribution in [0.15, 0.2) is 73.1 Å². The van der Waals surface area contributed by atoms with Crippen LogP contribution >= 0.6 is 0 Å². The molecule has 31 heavy (non-hydrogen) atoms. The molecule has 0 spiro atoms. The van der Waals surface area contributed by atoms with E-state index >= 15 is 0 Å². The second-order valence-electron chi connectivity index (χ2n) is 8.04. The van der Waals surface area contributed by atoms with Crippen LogP contribution in [0.4, 0.5) is 11.4 Å². The number of piperidine rings is 1. The van der Waals surface area contributed by atoms with Crippen LogP contribution in [0, 0.1) is 0 Å². The number of hydrogen-bond acceptors (Lipinski definition) is 5. The summed E-state index contributed by atoms with van der Waals surface area (Å²) in [5.74, 6) is 0. The topological polar surface area (TPSA) is 72.9 Å². The minimum atomic E-state index is 0.691. The zero-order chi connectivity index (χ0) is 21.0. The number of anilines is 2. The average molecular weight is 411 g/mol. The lowest BCUT2D eigenvalue weighted by Crippen LogP contribution is -2.29. The molecule has 2 aromatic heterocycles. The van der Waals surface area contributed by atoms with Gasteiger partial charge < -0.3 is 10.6 Å². The van der Waals surface area contributed by atoms with Crippen LogP contribution in [0.3, 0.4) is 0 Å². The Kier molecular flexibility index (Phi) is 5.35. The highest BCUT2D eigenvalue weighted by molar-refractivity contribution is 5.80. The molecule has 0 radical (unpaired) electrons. The van der Waals surface area contributed by atoms with Gasteiger partial charge in [-0.2, -0.15) is 0 Å². The summed E-state index contributed by atoms with van der Waals surface area (Å²) in [7, 11) is 0. The molecule has 1 aliphatic rings. The van der Waals surface area contributed by atoms with Gasteiger partial charge in [-0.05, 0) is 55.2 Å². The smallest absolute Gasteiger partial charge is 0.113 e. The molecule has 2 N–H and O–H groups in total. The first-order valence-corrected chi connectivity index (χ1v) is 10.8. The van der Waals surface area contributed by atoms with Crippen molar-refractivity contribution in [3.05, 3.63) is 78.6 Å². The summed E-state index contributed by atoms with van der Waals surface area (Å²) >= 11 is 0. The first-order valence-electron chi connectivity index (χ1n) is 10.8. The molecule has 6 nitrogen and oxygen atoms in total. The van der Waals surface area contributed by atoms with E-state index in [2.05, 4.69) is 44.5 Å². The van der Waals surface area contributed by atoms with E-state index in [0.717, 1.165) is 41.3 Å². The molecule has 0 amide bonds. The van der Waals surface area contributed by atoms with Crippen molar-refractivity contribution in [1.29, 1.82) is 0 Å². The first kappa shape index (κ1) is 19.3. The summed E-state index contributed by atoms with van der Waals surface area (Å²) in [6.07, 6.45) is 7.58. The van der Waals surface area contributed by atoms with Crippen LogP contribution in [-0.4, -0.2) is 33.1 Å². The summed E-state index contributed by atoms with van der Waals surface area (Å²) in [6, 6.07) is 20.5. The number of nitrogen functional groups attached to an aromatic ring is 1. The second kappa shape index (κ2) is 8.60. The normalized spacial score (nSPS) is 14.0. The van der Waals surface area contributed by atoms with Gasteiger partial charge in [-0.1, -0.05) is 35.5 Å². The first-order chi connectivity index (χ1) is 15.3. The van der Waals surface area contributed by atoms with Crippen molar-refractivity contribution in [2.45, 2.75) is 25.8 Å². The lowest BCUT2D eigenvalue weighted by molar-refractivity contribution is 0.578. The molecule has 5 rings (SSSR count). The fourth-order valence-corrected chi connectivity index (χ4v) is 4.13. The molecule has 0 aliphatic carbocycles. The Morgan fingerprint density at radius 1 is 0.871 bits per heavy atom. The minimum Gasteiger partial charge on any atom is -0.398 e. The van der Waals surface area contributed by atoms with E-state index in [1.54, 1.807) is 0 Å². The maximum absolute atomic E-state index is 6.34. The van der Waals surface area contributed by atoms with Crippen LogP contribution in [-0.2, 0) is 6.54 Å². The third-order valence-corrected chi connectivity index (χ3v) is 5.82. The number of benzene rings is 2. The van der Waals surface area contributed by atoms with Crippen molar-refractivity contribution < 1.29 is 0 Å². The third kappa shape index (κ3) is 4.28. The maximum atomic E-state index is 6.34. The van der Waals surface area contributed by atoms with E-state index in [4.69, 9.17) is 5.73 Å². The summed E-state index contributed by atoms with van der Waals surface area (Å²) in [5.41, 5.74) is 13.1. The van der Waals surface area contributed by atoms with Crippen LogP contribution < -0.4 is 10.6 Å². The van der Waals surface area contributed by atoms with Gasteiger partial charge in [0.05, 0.1) is 18.4 Å². The van der Waals surface area contributed by atoms with E-state index < -0.39 is 0 Å². The third-order valence-electron chi connectivity index (χ3n) is 5.82. The molecule has 1 saturated heterocycles. The Labute approximate surface area is 182 Å². The molecule has 0 bridgehead atoms. The number of aromatic nitrogens is 4. The number of hydrogen-bond donors (Lipinski definition) is 1. The highest BCUT2D eigenvalue weighted by Crippen LogP contribution is 2.32. The van der Waals surface area contributed by atoms with Crippen LogP contribution in [0.1, 0.15) is 24.8 Å². The average Bonchev–Trinajstić information content (AvgIpc) is 3.29. The van der Waals surface area contributed by atoms with Crippen LogP contribution in [0.2, 0.25) is 0 Å². The zero-order valence-electron chi connectivity index (χ0n) is 17.5. The van der Waals surface area contributed by atoms with E-state index in [1.165, 1.54) is 30.5 Å². The molecule has 0 atom stereocenters. The van der Waals surface area contributed by atoms with Gasteiger partial charge in [-0.15, -0.1) is 5.10 Å². The van der Waals surface area contributed by atoms with Crippen molar-refractivity contribution >= 4 is 11.4 Å². The Balaban J connectivity index is 1.42. The van der Waals surface area contributed by atoms with Crippen molar-refractivity contribution in [3.63, 3.8) is 0 Å². The molecule has 2 aromatic carbocycles. The van der Waals surface area contributed by atoms with E-state index in [0.29, 0.717) is 6.54 Å². The number of rotatable bonds is 5. The monoisotopic (exact) mass is 410 g/mol. The summed E-state index contributed by atoms with van der Waals surface area (Å²) in [4.78, 5) is 7.04. The number of nitrogens with two attached hydrogens (primary N) is 1. The maximum Gasteiger partial charge on any atom is 0.113 e. The van der Waals surface area contributed by atoms with Crippen molar-refractivity contribution in [1.82, 2.24) is 20.0 Å². The predicted molar refractivity (Wildman–Crippen MR) is 125 cm³/mol. The number of pyridine rings is 1. The standard InChI is InChI=1S/C25H26N6/c26-23-10-9-21(30-13-5-2-6-14-30)16-22(23)24-15-20(11-12-27-24)25-18-31(29-28-25)17-19-7-3-1-4-8-19/h1,3-4,7-12,15-16,18H,2,5-6,13-14,17,26H2. The van der Waals surface area contributed by atoms with Gasteiger partial charge in [0.2, 0.25) is 0 Å². The fourth-order valence-electron chi connectivity index (χ4n) is 4.13. The van der Waals surface area contributed by atoms with Gasteiger partial charge in [0.1, 0.15) is 5.69 Å². The van der Waals surface area contributed by atoms with Crippen molar-refractivity contribution in [3.8, 4) is 22.5 Å². The second-order valence-corrected chi connectivity index (χ2v) is 8.04. The Bertz CT molecular complexity index is 1160. The summed E-state index contributed by atoms with van der Waals surface area (Å²) in [5, 5.41) is 8.67. The molecule has 1 aliphatic heterocycles. The van der Waals surface area contributed by atoms with Crippen molar-refractivity contribution in [2.24, 2.45) is 0 Å². The van der Waals surface area contributed by atoms with Crippen LogP contribution in [0.25, 0.3) is 22.5 Å². The predicted octanol–water partition coefficient (Wildman–Crippen LogP) is 4.63. The van der Waals surface area contributed by atoms with Gasteiger partial charge in [-0.3, -0.25) is 4.98 Å². The van der Waals surface area contributed by atoms with Gasteiger partial charge in [0.25, 0.3) is 0 Å². The fraction of sp³-hybridized carbons (Fsp3) is 0.240. The SMILES string of the molecule is Nc1ccc(N2CCCCC2)cc1-c1cc(-c2cn(Cc3ccccc3)nn2)ccn1. The zero-order valence-corrected chi connectivity index (χ0v) is 17.5. The Hall–Kier alpha value is -3.67. The molecule has 156 valence electrons. The molecule has 6 heteroatoms. The van der Waals surface area contributed by atoms with Crippen LogP contribution in [0.5, 0.6) is 0 Å². The summed E-state index contributed by atoms with van der Waals surface area (Å²) in [6.45, 7) is 2.89. The largest absolute Gasteiger partial charge is 0.398 e. The molecule has 1 fully saturated rings. The summed E-state index contributed by atoms with van der Waals surface area (Å²) < 4.78 is 1.86. The van der Waals surface area contributed by atoms with Crippen molar-refractivity contribution in [2.75, 3.05) is 23.7 Å². The van der Waals surface area contributed by atoms with Gasteiger partial charge >= 0.3 is 0 Å². The van der Waals surface area contributed by atoms with E-state index in [9.17, 15) is 0 Å². The lowest BCUT2D eigenvalue weighted by Gasteiger charge is -2.29. The molecule has 4 aromatic rings. The van der Waals surface area contributed by atoms with Gasteiger partial charge in [0, 0.05) is 41.8 Å². The molecule has 0 unspecified atom stereocenters.